The highest BCUT2D eigenvalue weighted by atomic mass is 16.6. The van der Waals surface area contributed by atoms with Crippen molar-refractivity contribution < 1.29 is 4.84 Å². The van der Waals surface area contributed by atoms with Gasteiger partial charge in [-0.3, -0.25) is 0 Å². The highest BCUT2D eigenvalue weighted by Crippen LogP contribution is 2.57. The van der Waals surface area contributed by atoms with E-state index in [-0.39, 0.29) is 0 Å². The SMILES string of the molecule is CON=C1CC[C@H]2C[C@@H]1C2(C)C. The monoisotopic (exact) mass is 167 g/mol. The molecule has 0 radical (unpaired) electrons. The molecule has 0 saturated heterocycles. The summed E-state index contributed by atoms with van der Waals surface area (Å²) in [7, 11) is 1.64. The maximum absolute atomic E-state index is 4.86. The van der Waals surface area contributed by atoms with Crippen molar-refractivity contribution in [3.8, 4) is 0 Å². The molecule has 3 aliphatic rings. The molecule has 0 aliphatic heterocycles. The Morgan fingerprint density at radius 2 is 2.25 bits per heavy atom. The Kier molecular flexibility index (Phi) is 1.67. The second-order valence-electron chi connectivity index (χ2n) is 4.61. The Hall–Kier alpha value is -0.530. The van der Waals surface area contributed by atoms with Crippen molar-refractivity contribution in [2.75, 3.05) is 7.11 Å². The van der Waals surface area contributed by atoms with Crippen LogP contribution in [-0.4, -0.2) is 12.8 Å². The summed E-state index contributed by atoms with van der Waals surface area (Å²) in [5.74, 6) is 1.65. The Morgan fingerprint density at radius 3 is 2.75 bits per heavy atom. The molecule has 0 aromatic carbocycles. The summed E-state index contributed by atoms with van der Waals surface area (Å²) in [6.45, 7) is 4.71. The predicted octanol–water partition coefficient (Wildman–Crippen LogP) is 2.44. The van der Waals surface area contributed by atoms with Crippen LogP contribution in [0, 0.1) is 17.3 Å². The van der Waals surface area contributed by atoms with E-state index in [9.17, 15) is 0 Å². The van der Waals surface area contributed by atoms with E-state index in [0.717, 1.165) is 12.3 Å². The molecular weight excluding hydrogens is 150 g/mol. The lowest BCUT2D eigenvalue weighted by molar-refractivity contribution is -0.00197. The van der Waals surface area contributed by atoms with E-state index in [0.29, 0.717) is 11.3 Å². The molecule has 3 saturated carbocycles. The summed E-state index contributed by atoms with van der Waals surface area (Å²) < 4.78 is 0. The molecule has 2 heteroatoms. The van der Waals surface area contributed by atoms with E-state index in [2.05, 4.69) is 19.0 Å². The molecule has 2 atom stereocenters. The fourth-order valence-corrected chi connectivity index (χ4v) is 2.79. The molecule has 3 aliphatic carbocycles. The minimum Gasteiger partial charge on any atom is -0.399 e. The van der Waals surface area contributed by atoms with Gasteiger partial charge in [0.05, 0.1) is 5.71 Å². The molecule has 68 valence electrons. The summed E-state index contributed by atoms with van der Waals surface area (Å²) in [5.41, 5.74) is 1.79. The van der Waals surface area contributed by atoms with Crippen LogP contribution in [0.2, 0.25) is 0 Å². The van der Waals surface area contributed by atoms with Crippen LogP contribution in [0.15, 0.2) is 5.16 Å². The smallest absolute Gasteiger partial charge is 0.106 e. The lowest BCUT2D eigenvalue weighted by Crippen LogP contribution is -2.52. The molecule has 0 spiro atoms. The fourth-order valence-electron chi connectivity index (χ4n) is 2.79. The number of nitrogens with zero attached hydrogens (tertiary/aromatic N) is 1. The first-order valence-electron chi connectivity index (χ1n) is 4.76. The third-order valence-electron chi connectivity index (χ3n) is 3.83. The van der Waals surface area contributed by atoms with Crippen LogP contribution in [0.5, 0.6) is 0 Å². The van der Waals surface area contributed by atoms with Gasteiger partial charge in [-0.15, -0.1) is 0 Å². The maximum atomic E-state index is 4.86. The van der Waals surface area contributed by atoms with Crippen molar-refractivity contribution in [3.63, 3.8) is 0 Å². The van der Waals surface area contributed by atoms with Gasteiger partial charge in [-0.05, 0) is 30.6 Å². The second-order valence-corrected chi connectivity index (χ2v) is 4.61. The molecule has 3 fully saturated rings. The van der Waals surface area contributed by atoms with Gasteiger partial charge in [0.25, 0.3) is 0 Å². The molecule has 0 N–H and O–H groups in total. The molecule has 0 aromatic heterocycles. The minimum absolute atomic E-state index is 0.496. The number of hydrogen-bond acceptors (Lipinski definition) is 2. The number of hydrogen-bond donors (Lipinski definition) is 0. The largest absolute Gasteiger partial charge is 0.399 e. The van der Waals surface area contributed by atoms with Crippen LogP contribution in [0.1, 0.15) is 33.1 Å². The van der Waals surface area contributed by atoms with Gasteiger partial charge in [-0.2, -0.15) is 0 Å². The van der Waals surface area contributed by atoms with Crippen LogP contribution >= 0.6 is 0 Å². The standard InChI is InChI=1S/C10H17NO/c1-10(2)7-4-5-9(11-12-3)8(10)6-7/h7-8H,4-6H2,1-3H3/t7-,8-/m0/s1. The van der Waals surface area contributed by atoms with Crippen LogP contribution in [0.25, 0.3) is 0 Å². The van der Waals surface area contributed by atoms with Gasteiger partial charge in [0.1, 0.15) is 7.11 Å². The first kappa shape index (κ1) is 8.09. The molecule has 12 heavy (non-hydrogen) atoms. The van der Waals surface area contributed by atoms with Crippen LogP contribution in [0.3, 0.4) is 0 Å². The van der Waals surface area contributed by atoms with Crippen molar-refractivity contribution in [1.29, 1.82) is 0 Å². The first-order valence-corrected chi connectivity index (χ1v) is 4.76. The molecule has 3 rings (SSSR count). The van der Waals surface area contributed by atoms with Crippen LogP contribution < -0.4 is 0 Å². The van der Waals surface area contributed by atoms with E-state index in [1.807, 2.05) is 0 Å². The third kappa shape index (κ3) is 0.900. The van der Waals surface area contributed by atoms with Gasteiger partial charge < -0.3 is 4.84 Å². The lowest BCUT2D eigenvalue weighted by Gasteiger charge is -2.56. The Labute approximate surface area is 74.0 Å². The van der Waals surface area contributed by atoms with Crippen molar-refractivity contribution in [3.05, 3.63) is 0 Å². The zero-order chi connectivity index (χ0) is 8.77. The van der Waals surface area contributed by atoms with Gasteiger partial charge in [0.2, 0.25) is 0 Å². The molecule has 2 nitrogen and oxygen atoms in total. The summed E-state index contributed by atoms with van der Waals surface area (Å²) in [5, 5.41) is 4.11. The Bertz CT molecular complexity index is 218. The zero-order valence-corrected chi connectivity index (χ0v) is 8.13. The third-order valence-corrected chi connectivity index (χ3v) is 3.83. The summed E-state index contributed by atoms with van der Waals surface area (Å²) in [6.07, 6.45) is 3.81. The predicted molar refractivity (Wildman–Crippen MR) is 49.1 cm³/mol. The number of oxime groups is 1. The summed E-state index contributed by atoms with van der Waals surface area (Å²) in [4.78, 5) is 4.86. The van der Waals surface area contributed by atoms with E-state index in [1.54, 1.807) is 7.11 Å². The number of fused-ring (bicyclic) bond motifs is 2. The van der Waals surface area contributed by atoms with Gasteiger partial charge in [-0.1, -0.05) is 19.0 Å². The van der Waals surface area contributed by atoms with Crippen molar-refractivity contribution in [2.45, 2.75) is 33.1 Å². The minimum atomic E-state index is 0.496. The lowest BCUT2D eigenvalue weighted by atomic mass is 9.48. The highest BCUT2D eigenvalue weighted by molar-refractivity contribution is 5.89. The van der Waals surface area contributed by atoms with Gasteiger partial charge >= 0.3 is 0 Å². The van der Waals surface area contributed by atoms with Crippen LogP contribution in [0.4, 0.5) is 0 Å². The van der Waals surface area contributed by atoms with Crippen LogP contribution in [-0.2, 0) is 4.84 Å². The quantitative estimate of drug-likeness (QED) is 0.550. The average Bonchev–Trinajstić information content (AvgIpc) is 2.05. The van der Waals surface area contributed by atoms with Gasteiger partial charge in [0, 0.05) is 5.92 Å². The first-order chi connectivity index (χ1) is 5.66. The van der Waals surface area contributed by atoms with Gasteiger partial charge in [-0.25, -0.2) is 0 Å². The van der Waals surface area contributed by atoms with E-state index >= 15 is 0 Å². The highest BCUT2D eigenvalue weighted by Gasteiger charge is 2.53. The average molecular weight is 167 g/mol. The number of rotatable bonds is 1. The molecule has 0 amide bonds. The van der Waals surface area contributed by atoms with E-state index in [1.165, 1.54) is 18.6 Å². The molecule has 0 aromatic rings. The molecular formula is C10H17NO. The Balaban J connectivity index is 2.16. The molecule has 0 heterocycles. The second kappa shape index (κ2) is 2.48. The molecule has 2 bridgehead atoms. The van der Waals surface area contributed by atoms with E-state index in [4.69, 9.17) is 4.84 Å². The van der Waals surface area contributed by atoms with E-state index < -0.39 is 0 Å². The summed E-state index contributed by atoms with van der Waals surface area (Å²) in [6, 6.07) is 0. The van der Waals surface area contributed by atoms with Crippen molar-refractivity contribution in [1.82, 2.24) is 0 Å². The topological polar surface area (TPSA) is 21.6 Å². The molecule has 0 unspecified atom stereocenters. The Morgan fingerprint density at radius 1 is 1.50 bits per heavy atom. The van der Waals surface area contributed by atoms with Crippen molar-refractivity contribution in [2.24, 2.45) is 22.4 Å². The zero-order valence-electron chi connectivity index (χ0n) is 8.13. The van der Waals surface area contributed by atoms with Crippen molar-refractivity contribution >= 4 is 5.71 Å². The normalized spacial score (nSPS) is 40.8. The maximum Gasteiger partial charge on any atom is 0.106 e. The fraction of sp³-hybridized carbons (Fsp3) is 0.900. The summed E-state index contributed by atoms with van der Waals surface area (Å²) >= 11 is 0. The van der Waals surface area contributed by atoms with Gasteiger partial charge in [0.15, 0.2) is 0 Å².